The molecule has 3 nitrogen and oxygen atoms in total. The number of hydrogen-bond acceptors (Lipinski definition) is 5. The number of anilines is 1. The van der Waals surface area contributed by atoms with Crippen molar-refractivity contribution >= 4 is 46.9 Å². The number of hydrogen-bond donors (Lipinski definition) is 1. The lowest BCUT2D eigenvalue weighted by molar-refractivity contribution is -0.116. The molecular weight excluding hydrogens is 453 g/mol. The van der Waals surface area contributed by atoms with Crippen molar-refractivity contribution < 1.29 is 4.79 Å². The maximum atomic E-state index is 13.6. The molecule has 2 heterocycles. The zero-order chi connectivity index (χ0) is 23.3. The molecular formula is C26H42N2OS3. The van der Waals surface area contributed by atoms with Crippen LogP contribution >= 0.6 is 35.3 Å². The number of carbonyl (C=O) groups is 1. The number of unbranched alkanes of at least 4 members (excludes halogenated alkanes) is 6. The Morgan fingerprint density at radius 2 is 1.69 bits per heavy atom. The van der Waals surface area contributed by atoms with Gasteiger partial charge in [0.1, 0.15) is 5.03 Å². The molecule has 0 bridgehead atoms. The Hall–Kier alpha value is -0.590. The number of allylic oxidation sites excluding steroid dienone is 1. The first kappa shape index (κ1) is 27.7. The van der Waals surface area contributed by atoms with Gasteiger partial charge in [-0.15, -0.1) is 35.3 Å². The summed E-state index contributed by atoms with van der Waals surface area (Å²) in [6, 6.07) is 2.08. The standard InChI is InChI=1S/C26H42N2OS3/c1-6-8-10-12-14-20-16-17-21(15-13-11-9-7-2)32-24(20)25(29)28-23-22(30-4)18-19(3)27-26(23)31-5/h16-18,20-21,24H,6-15H2,1-5H3,(H,28,29)/t20-,21+,24-/m0/s1. The van der Waals surface area contributed by atoms with Crippen LogP contribution in [0.25, 0.3) is 0 Å². The number of thioether (sulfide) groups is 3. The average Bonchev–Trinajstić information content (AvgIpc) is 2.80. The van der Waals surface area contributed by atoms with Gasteiger partial charge >= 0.3 is 0 Å². The van der Waals surface area contributed by atoms with Crippen LogP contribution < -0.4 is 5.32 Å². The second kappa shape index (κ2) is 15.3. The molecule has 1 aliphatic heterocycles. The summed E-state index contributed by atoms with van der Waals surface area (Å²) < 4.78 is 0. The van der Waals surface area contributed by atoms with E-state index in [1.54, 1.807) is 23.5 Å². The number of carbonyl (C=O) groups excluding carboxylic acids is 1. The van der Waals surface area contributed by atoms with Gasteiger partial charge in [-0.25, -0.2) is 4.98 Å². The molecule has 0 spiro atoms. The highest BCUT2D eigenvalue weighted by Gasteiger charge is 2.33. The SMILES string of the molecule is CCCCCC[C@H]1C=C[C@@H](CCCCCC)S[C@@H]1C(=O)Nc1c(SC)cc(C)nc1SC. The molecule has 6 heteroatoms. The summed E-state index contributed by atoms with van der Waals surface area (Å²) in [5.74, 6) is 0.465. The Morgan fingerprint density at radius 3 is 2.31 bits per heavy atom. The fourth-order valence-electron chi connectivity index (χ4n) is 4.18. The zero-order valence-electron chi connectivity index (χ0n) is 20.6. The highest BCUT2D eigenvalue weighted by molar-refractivity contribution is 8.01. The largest absolute Gasteiger partial charge is 0.322 e. The quantitative estimate of drug-likeness (QED) is 0.160. The van der Waals surface area contributed by atoms with Crippen molar-refractivity contribution in [2.45, 2.75) is 105 Å². The fourth-order valence-corrected chi connectivity index (χ4v) is 6.96. The summed E-state index contributed by atoms with van der Waals surface area (Å²) in [4.78, 5) is 19.4. The second-order valence-corrected chi connectivity index (χ2v) is 11.7. The van der Waals surface area contributed by atoms with E-state index in [2.05, 4.69) is 48.6 Å². The minimum absolute atomic E-state index is 0.0245. The van der Waals surface area contributed by atoms with Crippen molar-refractivity contribution in [1.29, 1.82) is 0 Å². The number of nitrogens with zero attached hydrogens (tertiary/aromatic N) is 1. The summed E-state index contributed by atoms with van der Waals surface area (Å²) in [7, 11) is 0. The van der Waals surface area contributed by atoms with E-state index in [0.29, 0.717) is 11.2 Å². The van der Waals surface area contributed by atoms with Crippen molar-refractivity contribution in [3.8, 4) is 0 Å². The molecule has 180 valence electrons. The van der Waals surface area contributed by atoms with E-state index in [9.17, 15) is 4.79 Å². The lowest BCUT2D eigenvalue weighted by Gasteiger charge is -2.31. The Bertz CT molecular complexity index is 713. The number of rotatable bonds is 14. The Balaban J connectivity index is 2.15. The lowest BCUT2D eigenvalue weighted by atomic mass is 9.94. The third-order valence-corrected chi connectivity index (χ3v) is 9.06. The molecule has 1 aromatic heterocycles. The van der Waals surface area contributed by atoms with Gasteiger partial charge in [-0.05, 0) is 44.3 Å². The predicted molar refractivity (Wildman–Crippen MR) is 146 cm³/mol. The van der Waals surface area contributed by atoms with Gasteiger partial charge < -0.3 is 5.32 Å². The topological polar surface area (TPSA) is 42.0 Å². The molecule has 1 N–H and O–H groups in total. The van der Waals surface area contributed by atoms with Gasteiger partial charge in [0.25, 0.3) is 0 Å². The molecule has 0 saturated heterocycles. The number of pyridine rings is 1. The first-order valence-corrected chi connectivity index (χ1v) is 15.7. The van der Waals surface area contributed by atoms with E-state index < -0.39 is 0 Å². The molecule has 1 aromatic rings. The molecule has 0 radical (unpaired) electrons. The normalized spacial score (nSPS) is 20.5. The monoisotopic (exact) mass is 494 g/mol. The van der Waals surface area contributed by atoms with E-state index in [1.807, 2.05) is 24.9 Å². The van der Waals surface area contributed by atoms with Crippen LogP contribution in [-0.4, -0.2) is 33.9 Å². The highest BCUT2D eigenvalue weighted by Crippen LogP contribution is 2.39. The van der Waals surface area contributed by atoms with Gasteiger partial charge in [0.2, 0.25) is 5.91 Å². The van der Waals surface area contributed by atoms with Gasteiger partial charge in [0.15, 0.2) is 0 Å². The third-order valence-electron chi connectivity index (χ3n) is 6.01. The maximum absolute atomic E-state index is 13.6. The molecule has 0 saturated carbocycles. The van der Waals surface area contributed by atoms with E-state index in [4.69, 9.17) is 0 Å². The van der Waals surface area contributed by atoms with Crippen LogP contribution in [-0.2, 0) is 4.79 Å². The summed E-state index contributed by atoms with van der Waals surface area (Å²) in [6.07, 6.45) is 21.2. The maximum Gasteiger partial charge on any atom is 0.238 e. The van der Waals surface area contributed by atoms with Crippen LogP contribution in [0.15, 0.2) is 28.1 Å². The minimum Gasteiger partial charge on any atom is -0.322 e. The molecule has 2 rings (SSSR count). The van der Waals surface area contributed by atoms with Crippen molar-refractivity contribution in [1.82, 2.24) is 4.98 Å². The van der Waals surface area contributed by atoms with E-state index in [0.717, 1.165) is 27.7 Å². The van der Waals surface area contributed by atoms with Crippen LogP contribution in [0.2, 0.25) is 0 Å². The second-order valence-electron chi connectivity index (χ2n) is 8.68. The first-order chi connectivity index (χ1) is 15.5. The minimum atomic E-state index is -0.0245. The van der Waals surface area contributed by atoms with Crippen LogP contribution in [0.1, 0.15) is 83.7 Å². The number of aryl methyl sites for hydroxylation is 1. The molecule has 0 unspecified atom stereocenters. The average molecular weight is 495 g/mol. The highest BCUT2D eigenvalue weighted by atomic mass is 32.2. The molecule has 1 aliphatic rings. The number of amides is 1. The summed E-state index contributed by atoms with van der Waals surface area (Å²) in [5, 5.41) is 4.65. The van der Waals surface area contributed by atoms with Crippen LogP contribution in [0.5, 0.6) is 0 Å². The van der Waals surface area contributed by atoms with Crippen molar-refractivity contribution in [3.05, 3.63) is 23.9 Å². The third kappa shape index (κ3) is 8.64. The van der Waals surface area contributed by atoms with Crippen LogP contribution in [0.3, 0.4) is 0 Å². The van der Waals surface area contributed by atoms with Gasteiger partial charge in [0.05, 0.1) is 10.9 Å². The Kier molecular flexibility index (Phi) is 13.3. The van der Waals surface area contributed by atoms with E-state index in [1.165, 1.54) is 57.8 Å². The van der Waals surface area contributed by atoms with Crippen molar-refractivity contribution in [3.63, 3.8) is 0 Å². The van der Waals surface area contributed by atoms with Crippen molar-refractivity contribution in [2.75, 3.05) is 17.8 Å². The van der Waals surface area contributed by atoms with Crippen LogP contribution in [0.4, 0.5) is 5.69 Å². The predicted octanol–water partition coefficient (Wildman–Crippen LogP) is 8.37. The zero-order valence-corrected chi connectivity index (χ0v) is 23.1. The van der Waals surface area contributed by atoms with Gasteiger partial charge in [-0.1, -0.05) is 77.4 Å². The molecule has 1 amide bonds. The van der Waals surface area contributed by atoms with Crippen LogP contribution in [0, 0.1) is 12.8 Å². The summed E-state index contributed by atoms with van der Waals surface area (Å²) >= 11 is 5.17. The molecule has 32 heavy (non-hydrogen) atoms. The van der Waals surface area contributed by atoms with E-state index >= 15 is 0 Å². The van der Waals surface area contributed by atoms with E-state index in [-0.39, 0.29) is 11.2 Å². The number of nitrogens with one attached hydrogen (secondary N) is 1. The molecule has 3 atom stereocenters. The Labute approximate surface area is 209 Å². The lowest BCUT2D eigenvalue weighted by Crippen LogP contribution is -2.35. The fraction of sp³-hybridized carbons (Fsp3) is 0.692. The summed E-state index contributed by atoms with van der Waals surface area (Å²) in [6.45, 7) is 6.52. The Morgan fingerprint density at radius 1 is 1.00 bits per heavy atom. The molecule has 0 aromatic carbocycles. The van der Waals surface area contributed by atoms with Gasteiger partial charge in [0, 0.05) is 15.8 Å². The number of aromatic nitrogens is 1. The molecule has 0 fully saturated rings. The van der Waals surface area contributed by atoms with Crippen molar-refractivity contribution in [2.24, 2.45) is 5.92 Å². The molecule has 0 aliphatic carbocycles. The van der Waals surface area contributed by atoms with Gasteiger partial charge in [-0.2, -0.15) is 0 Å². The summed E-state index contributed by atoms with van der Waals surface area (Å²) in [5.41, 5.74) is 1.88. The smallest absolute Gasteiger partial charge is 0.238 e. The first-order valence-electron chi connectivity index (χ1n) is 12.3. The van der Waals surface area contributed by atoms with Gasteiger partial charge in [-0.3, -0.25) is 4.79 Å².